The van der Waals surface area contributed by atoms with Crippen LogP contribution >= 0.6 is 0 Å². The predicted molar refractivity (Wildman–Crippen MR) is 99.0 cm³/mol. The molecule has 0 saturated heterocycles. The molecule has 3 N–H and O–H groups in total. The van der Waals surface area contributed by atoms with Gasteiger partial charge in [-0.3, -0.25) is 9.79 Å². The third-order valence-electron chi connectivity index (χ3n) is 4.60. The van der Waals surface area contributed by atoms with Crippen LogP contribution in [0.25, 0.3) is 0 Å². The number of carbonyl (C=O) groups is 1. The van der Waals surface area contributed by atoms with Crippen molar-refractivity contribution in [2.24, 2.45) is 10.9 Å². The first-order chi connectivity index (χ1) is 12.1. The third-order valence-corrected chi connectivity index (χ3v) is 4.60. The zero-order chi connectivity index (χ0) is 18.1. The van der Waals surface area contributed by atoms with Crippen LogP contribution in [0.4, 0.5) is 4.39 Å². The fourth-order valence-corrected chi connectivity index (χ4v) is 3.03. The maximum absolute atomic E-state index is 12.8. The molecule has 1 aromatic carbocycles. The molecule has 1 saturated carbocycles. The van der Waals surface area contributed by atoms with Crippen molar-refractivity contribution < 1.29 is 9.18 Å². The van der Waals surface area contributed by atoms with Crippen molar-refractivity contribution in [1.29, 1.82) is 0 Å². The molecule has 6 heteroatoms. The van der Waals surface area contributed by atoms with Crippen molar-refractivity contribution in [1.82, 2.24) is 16.0 Å². The van der Waals surface area contributed by atoms with Crippen LogP contribution in [0.5, 0.6) is 0 Å². The highest BCUT2D eigenvalue weighted by Crippen LogP contribution is 2.23. The van der Waals surface area contributed by atoms with Gasteiger partial charge in [-0.2, -0.15) is 0 Å². The second-order valence-electron chi connectivity index (χ2n) is 6.75. The van der Waals surface area contributed by atoms with Gasteiger partial charge in [0.1, 0.15) is 5.82 Å². The Hall–Kier alpha value is -2.11. The van der Waals surface area contributed by atoms with Crippen molar-refractivity contribution in [3.05, 3.63) is 35.6 Å². The van der Waals surface area contributed by atoms with E-state index in [4.69, 9.17) is 0 Å². The Balaban J connectivity index is 1.62. The van der Waals surface area contributed by atoms with E-state index >= 15 is 0 Å². The molecular weight excluding hydrogens is 319 g/mol. The van der Waals surface area contributed by atoms with Crippen LogP contribution in [-0.2, 0) is 11.2 Å². The molecule has 0 aliphatic heterocycles. The Bertz CT molecular complexity index is 565. The summed E-state index contributed by atoms with van der Waals surface area (Å²) in [6.45, 7) is 3.43. The number of nitrogens with one attached hydrogen (secondary N) is 3. The molecule has 0 unspecified atom stereocenters. The molecule has 0 atom stereocenters. The lowest BCUT2D eigenvalue weighted by Gasteiger charge is -2.28. The number of amides is 1. The Morgan fingerprint density at radius 3 is 2.40 bits per heavy atom. The van der Waals surface area contributed by atoms with E-state index in [0.717, 1.165) is 17.4 Å². The van der Waals surface area contributed by atoms with Gasteiger partial charge in [0.25, 0.3) is 0 Å². The minimum atomic E-state index is -0.292. The number of carbonyl (C=O) groups excluding carboxylic acids is 1. The van der Waals surface area contributed by atoms with E-state index < -0.39 is 0 Å². The van der Waals surface area contributed by atoms with Crippen LogP contribution in [0.2, 0.25) is 0 Å². The van der Waals surface area contributed by atoms with Crippen molar-refractivity contribution >= 4 is 11.9 Å². The van der Waals surface area contributed by atoms with Crippen molar-refractivity contribution in [2.75, 3.05) is 20.1 Å². The van der Waals surface area contributed by atoms with E-state index in [1.807, 2.05) is 0 Å². The van der Waals surface area contributed by atoms with Crippen LogP contribution in [0.15, 0.2) is 29.3 Å². The van der Waals surface area contributed by atoms with Crippen molar-refractivity contribution in [2.45, 2.75) is 45.1 Å². The molecule has 1 aliphatic carbocycles. The van der Waals surface area contributed by atoms with Gasteiger partial charge in [-0.1, -0.05) is 19.1 Å². The summed E-state index contributed by atoms with van der Waals surface area (Å²) in [5.41, 5.74) is 0.802. The predicted octanol–water partition coefficient (Wildman–Crippen LogP) is 2.23. The molecule has 0 bridgehead atoms. The van der Waals surface area contributed by atoms with Gasteiger partial charge < -0.3 is 16.0 Å². The highest BCUT2D eigenvalue weighted by Gasteiger charge is 2.18. The fraction of sp³-hybridized carbons (Fsp3) is 0.579. The molecule has 0 aromatic heterocycles. The Morgan fingerprint density at radius 1 is 1.12 bits per heavy atom. The largest absolute Gasteiger partial charge is 0.355 e. The number of benzene rings is 1. The van der Waals surface area contributed by atoms with E-state index in [9.17, 15) is 9.18 Å². The molecule has 0 spiro atoms. The van der Waals surface area contributed by atoms with Crippen molar-refractivity contribution in [3.63, 3.8) is 0 Å². The molecule has 0 radical (unpaired) electrons. The minimum Gasteiger partial charge on any atom is -0.355 e. The summed E-state index contributed by atoms with van der Waals surface area (Å²) in [6.07, 6.45) is 5.13. The molecule has 1 aliphatic rings. The number of rotatable bonds is 6. The van der Waals surface area contributed by atoms with Crippen LogP contribution < -0.4 is 16.0 Å². The summed E-state index contributed by atoms with van der Waals surface area (Å²) in [6, 6.07) is 6.47. The quantitative estimate of drug-likeness (QED) is 0.420. The summed E-state index contributed by atoms with van der Waals surface area (Å²) in [5, 5.41) is 9.54. The summed E-state index contributed by atoms with van der Waals surface area (Å²) >= 11 is 0. The van der Waals surface area contributed by atoms with Gasteiger partial charge in [0.2, 0.25) is 5.91 Å². The molecule has 2 rings (SSSR count). The molecule has 0 heterocycles. The SMILES string of the molecule is CN=C(NCCNC(=O)Cc1ccc(F)cc1)NC1CCC(C)CC1. The smallest absolute Gasteiger partial charge is 0.224 e. The first-order valence-electron chi connectivity index (χ1n) is 9.05. The minimum absolute atomic E-state index is 0.0716. The van der Waals surface area contributed by atoms with E-state index in [1.54, 1.807) is 19.2 Å². The highest BCUT2D eigenvalue weighted by atomic mass is 19.1. The van der Waals surface area contributed by atoms with Crippen LogP contribution in [0.3, 0.4) is 0 Å². The maximum atomic E-state index is 12.8. The van der Waals surface area contributed by atoms with Crippen LogP contribution in [0, 0.1) is 11.7 Å². The van der Waals surface area contributed by atoms with Gasteiger partial charge in [0.05, 0.1) is 6.42 Å². The summed E-state index contributed by atoms with van der Waals surface area (Å²) in [5.74, 6) is 1.24. The average molecular weight is 348 g/mol. The summed E-state index contributed by atoms with van der Waals surface area (Å²) in [7, 11) is 1.76. The van der Waals surface area contributed by atoms with Gasteiger partial charge in [-0.05, 0) is 49.3 Å². The molecule has 1 amide bonds. The molecule has 138 valence electrons. The number of hydrogen-bond donors (Lipinski definition) is 3. The third kappa shape index (κ3) is 7.11. The highest BCUT2D eigenvalue weighted by molar-refractivity contribution is 5.80. The van der Waals surface area contributed by atoms with Gasteiger partial charge in [0.15, 0.2) is 5.96 Å². The number of nitrogens with zero attached hydrogens (tertiary/aromatic N) is 1. The number of guanidine groups is 1. The molecule has 5 nitrogen and oxygen atoms in total. The maximum Gasteiger partial charge on any atom is 0.224 e. The normalized spacial score (nSPS) is 20.8. The monoisotopic (exact) mass is 348 g/mol. The fourth-order valence-electron chi connectivity index (χ4n) is 3.03. The lowest BCUT2D eigenvalue weighted by Crippen LogP contribution is -2.46. The van der Waals surface area contributed by atoms with Gasteiger partial charge >= 0.3 is 0 Å². The molecular formula is C19H29FN4O. The van der Waals surface area contributed by atoms with Gasteiger partial charge in [-0.25, -0.2) is 4.39 Å². The Kier molecular flexibility index (Phi) is 7.70. The first-order valence-corrected chi connectivity index (χ1v) is 9.05. The van der Waals surface area contributed by atoms with E-state index in [2.05, 4.69) is 27.9 Å². The second kappa shape index (κ2) is 10.0. The Labute approximate surface area is 149 Å². The second-order valence-corrected chi connectivity index (χ2v) is 6.75. The first kappa shape index (κ1) is 19.2. The lowest BCUT2D eigenvalue weighted by molar-refractivity contribution is -0.120. The molecule has 1 fully saturated rings. The van der Waals surface area contributed by atoms with Crippen molar-refractivity contribution in [3.8, 4) is 0 Å². The standard InChI is InChI=1S/C19H29FN4O/c1-14-3-9-17(10-4-14)24-19(21-2)23-12-11-22-18(25)13-15-5-7-16(20)8-6-15/h5-8,14,17H,3-4,9-13H2,1-2H3,(H,22,25)(H2,21,23,24). The number of hydrogen-bond acceptors (Lipinski definition) is 2. The number of halogens is 1. The average Bonchev–Trinajstić information content (AvgIpc) is 2.61. The zero-order valence-electron chi connectivity index (χ0n) is 15.1. The molecule has 25 heavy (non-hydrogen) atoms. The van der Waals surface area contributed by atoms with E-state index in [-0.39, 0.29) is 18.1 Å². The van der Waals surface area contributed by atoms with E-state index in [1.165, 1.54) is 37.8 Å². The number of aliphatic imine (C=N–C) groups is 1. The summed E-state index contributed by atoms with van der Waals surface area (Å²) in [4.78, 5) is 16.1. The summed E-state index contributed by atoms with van der Waals surface area (Å²) < 4.78 is 12.8. The van der Waals surface area contributed by atoms with E-state index in [0.29, 0.717) is 19.1 Å². The topological polar surface area (TPSA) is 65.5 Å². The van der Waals surface area contributed by atoms with Gasteiger partial charge in [0, 0.05) is 26.2 Å². The van der Waals surface area contributed by atoms with Crippen LogP contribution in [0.1, 0.15) is 38.2 Å². The lowest BCUT2D eigenvalue weighted by atomic mass is 9.87. The molecule has 1 aromatic rings. The zero-order valence-corrected chi connectivity index (χ0v) is 15.1. The Morgan fingerprint density at radius 2 is 1.76 bits per heavy atom. The van der Waals surface area contributed by atoms with Gasteiger partial charge in [-0.15, -0.1) is 0 Å². The van der Waals surface area contributed by atoms with Crippen LogP contribution in [-0.4, -0.2) is 38.0 Å².